The number of para-hydroxylation sites is 1. The van der Waals surface area contributed by atoms with Crippen molar-refractivity contribution in [2.24, 2.45) is 5.10 Å². The van der Waals surface area contributed by atoms with Crippen LogP contribution in [0.25, 0.3) is 0 Å². The number of nitrogens with zero attached hydrogens (tertiary/aromatic N) is 3. The van der Waals surface area contributed by atoms with Gasteiger partial charge in [-0.1, -0.05) is 60.2 Å². The average Bonchev–Trinajstić information content (AvgIpc) is 2.82. The second-order valence-electron chi connectivity index (χ2n) is 7.50. The maximum atomic E-state index is 13.2. The molecule has 0 heterocycles. The van der Waals surface area contributed by atoms with Gasteiger partial charge in [-0.25, -0.2) is 13.8 Å². The second-order valence-corrected chi connectivity index (χ2v) is 9.43. The molecule has 3 rings (SSSR count). The number of sulfonamides is 1. The third kappa shape index (κ3) is 6.56. The standard InChI is InChI=1S/C24H24N4O5S/c1-19-11-13-22(14-12-19)34(32,33)27(16-15-20-7-3-2-4-8-20)18-24(29)26-25-17-21-9-5-6-10-23(21)28(30)31/h2-14,17H,15-16,18H2,1H3,(H,26,29)/b25-17-. The van der Waals surface area contributed by atoms with Crippen LogP contribution in [0.3, 0.4) is 0 Å². The Morgan fingerprint density at radius 1 is 1.03 bits per heavy atom. The van der Waals surface area contributed by atoms with Crippen LogP contribution >= 0.6 is 0 Å². The van der Waals surface area contributed by atoms with Crippen LogP contribution in [0, 0.1) is 17.0 Å². The van der Waals surface area contributed by atoms with Crippen LogP contribution in [0.5, 0.6) is 0 Å². The highest BCUT2D eigenvalue weighted by molar-refractivity contribution is 7.89. The zero-order chi connectivity index (χ0) is 24.6. The molecule has 176 valence electrons. The van der Waals surface area contributed by atoms with Crippen molar-refractivity contribution in [1.82, 2.24) is 9.73 Å². The fourth-order valence-corrected chi connectivity index (χ4v) is 4.57. The van der Waals surface area contributed by atoms with E-state index in [0.29, 0.717) is 6.42 Å². The van der Waals surface area contributed by atoms with E-state index in [1.54, 1.807) is 18.2 Å². The van der Waals surface area contributed by atoms with Gasteiger partial charge >= 0.3 is 0 Å². The van der Waals surface area contributed by atoms with Gasteiger partial charge in [-0.15, -0.1) is 0 Å². The number of rotatable bonds is 10. The third-order valence-electron chi connectivity index (χ3n) is 5.00. The number of nitrogens with one attached hydrogen (secondary N) is 1. The number of hydrogen-bond acceptors (Lipinski definition) is 6. The summed E-state index contributed by atoms with van der Waals surface area (Å²) in [5, 5.41) is 14.9. The molecular weight excluding hydrogens is 456 g/mol. The summed E-state index contributed by atoms with van der Waals surface area (Å²) < 4.78 is 27.6. The molecule has 9 nitrogen and oxygen atoms in total. The monoisotopic (exact) mass is 480 g/mol. The van der Waals surface area contributed by atoms with Crippen molar-refractivity contribution < 1.29 is 18.1 Å². The van der Waals surface area contributed by atoms with E-state index in [0.717, 1.165) is 21.6 Å². The molecule has 0 saturated heterocycles. The van der Waals surface area contributed by atoms with Crippen LogP contribution in [0.4, 0.5) is 5.69 Å². The molecule has 0 spiro atoms. The minimum atomic E-state index is -3.95. The van der Waals surface area contributed by atoms with Crippen molar-refractivity contribution >= 4 is 27.8 Å². The van der Waals surface area contributed by atoms with Gasteiger partial charge in [0, 0.05) is 12.6 Å². The Labute approximate surface area is 197 Å². The molecular formula is C24H24N4O5S. The third-order valence-corrected chi connectivity index (χ3v) is 6.86. The lowest BCUT2D eigenvalue weighted by atomic mass is 10.1. The number of hydrazone groups is 1. The lowest BCUT2D eigenvalue weighted by molar-refractivity contribution is -0.385. The van der Waals surface area contributed by atoms with Gasteiger partial charge in [-0.3, -0.25) is 14.9 Å². The largest absolute Gasteiger partial charge is 0.278 e. The first-order valence-electron chi connectivity index (χ1n) is 10.4. The van der Waals surface area contributed by atoms with Crippen LogP contribution in [-0.2, 0) is 21.2 Å². The first-order chi connectivity index (χ1) is 16.3. The van der Waals surface area contributed by atoms with Gasteiger partial charge < -0.3 is 0 Å². The Hall–Kier alpha value is -3.89. The SMILES string of the molecule is Cc1ccc(S(=O)(=O)N(CCc2ccccc2)CC(=O)N/N=C\c2ccccc2[N+](=O)[O-])cc1. The maximum absolute atomic E-state index is 13.2. The van der Waals surface area contributed by atoms with Crippen LogP contribution in [0.1, 0.15) is 16.7 Å². The fourth-order valence-electron chi connectivity index (χ4n) is 3.17. The molecule has 1 amide bonds. The van der Waals surface area contributed by atoms with Crippen LogP contribution < -0.4 is 5.43 Å². The van der Waals surface area contributed by atoms with Gasteiger partial charge in [0.05, 0.1) is 28.1 Å². The highest BCUT2D eigenvalue weighted by atomic mass is 32.2. The topological polar surface area (TPSA) is 122 Å². The number of carbonyl (C=O) groups excluding carboxylic acids is 1. The molecule has 0 saturated carbocycles. The van der Waals surface area contributed by atoms with Gasteiger partial charge in [-0.05, 0) is 37.1 Å². The minimum Gasteiger partial charge on any atom is -0.272 e. The molecule has 0 atom stereocenters. The van der Waals surface area contributed by atoms with E-state index in [4.69, 9.17) is 0 Å². The van der Waals surface area contributed by atoms with E-state index in [9.17, 15) is 23.3 Å². The van der Waals surface area contributed by atoms with Crippen LogP contribution in [0.2, 0.25) is 0 Å². The molecule has 0 aliphatic heterocycles. The van der Waals surface area contributed by atoms with E-state index in [1.807, 2.05) is 37.3 Å². The highest BCUT2D eigenvalue weighted by Crippen LogP contribution is 2.18. The van der Waals surface area contributed by atoms with Crippen molar-refractivity contribution in [3.8, 4) is 0 Å². The molecule has 0 aliphatic rings. The lowest BCUT2D eigenvalue weighted by Crippen LogP contribution is -2.40. The summed E-state index contributed by atoms with van der Waals surface area (Å²) in [5.74, 6) is -0.668. The number of nitro benzene ring substituents is 1. The molecule has 0 unspecified atom stereocenters. The number of hydrogen-bond donors (Lipinski definition) is 1. The predicted octanol–water partition coefficient (Wildman–Crippen LogP) is 3.29. The van der Waals surface area contributed by atoms with Crippen LogP contribution in [-0.4, -0.2) is 42.9 Å². The molecule has 10 heteroatoms. The summed E-state index contributed by atoms with van der Waals surface area (Å²) in [6, 6.07) is 21.7. The van der Waals surface area contributed by atoms with E-state index in [-0.39, 0.29) is 22.7 Å². The summed E-state index contributed by atoms with van der Waals surface area (Å²) in [6.45, 7) is 1.48. The van der Waals surface area contributed by atoms with Crippen molar-refractivity contribution in [2.45, 2.75) is 18.2 Å². The highest BCUT2D eigenvalue weighted by Gasteiger charge is 2.26. The smallest absolute Gasteiger partial charge is 0.272 e. The molecule has 0 aromatic heterocycles. The van der Waals surface area contributed by atoms with Crippen molar-refractivity contribution in [3.63, 3.8) is 0 Å². The van der Waals surface area contributed by atoms with Crippen molar-refractivity contribution in [1.29, 1.82) is 0 Å². The summed E-state index contributed by atoms with van der Waals surface area (Å²) >= 11 is 0. The molecule has 0 radical (unpaired) electrons. The molecule has 0 aliphatic carbocycles. The Kier molecular flexibility index (Phi) is 8.23. The van der Waals surface area contributed by atoms with Gasteiger partial charge in [0.25, 0.3) is 11.6 Å². The number of amides is 1. The van der Waals surface area contributed by atoms with E-state index in [2.05, 4.69) is 10.5 Å². The van der Waals surface area contributed by atoms with Crippen molar-refractivity contribution in [2.75, 3.05) is 13.1 Å². The number of nitro groups is 1. The molecule has 1 N–H and O–H groups in total. The zero-order valence-electron chi connectivity index (χ0n) is 18.5. The summed E-state index contributed by atoms with van der Waals surface area (Å²) in [4.78, 5) is 23.2. The van der Waals surface area contributed by atoms with E-state index >= 15 is 0 Å². The summed E-state index contributed by atoms with van der Waals surface area (Å²) in [6.07, 6.45) is 1.57. The molecule has 0 bridgehead atoms. The molecule has 34 heavy (non-hydrogen) atoms. The minimum absolute atomic E-state index is 0.0848. The Bertz CT molecular complexity index is 1280. The first kappa shape index (κ1) is 24.7. The first-order valence-corrected chi connectivity index (χ1v) is 11.9. The average molecular weight is 481 g/mol. The normalized spacial score (nSPS) is 11.6. The molecule has 0 fully saturated rings. The quantitative estimate of drug-likeness (QED) is 0.271. The molecule has 3 aromatic carbocycles. The Morgan fingerprint density at radius 2 is 1.68 bits per heavy atom. The second kappa shape index (κ2) is 11.3. The Balaban J connectivity index is 1.75. The van der Waals surface area contributed by atoms with E-state index in [1.165, 1.54) is 30.3 Å². The Morgan fingerprint density at radius 3 is 2.35 bits per heavy atom. The summed E-state index contributed by atoms with van der Waals surface area (Å²) in [7, 11) is -3.95. The maximum Gasteiger partial charge on any atom is 0.278 e. The van der Waals surface area contributed by atoms with Crippen molar-refractivity contribution in [3.05, 3.63) is 106 Å². The van der Waals surface area contributed by atoms with Gasteiger partial charge in [0.15, 0.2) is 0 Å². The zero-order valence-corrected chi connectivity index (χ0v) is 19.3. The van der Waals surface area contributed by atoms with Gasteiger partial charge in [-0.2, -0.15) is 9.41 Å². The van der Waals surface area contributed by atoms with E-state index < -0.39 is 27.4 Å². The molecule has 3 aromatic rings. The van der Waals surface area contributed by atoms with Crippen LogP contribution in [0.15, 0.2) is 88.9 Å². The lowest BCUT2D eigenvalue weighted by Gasteiger charge is -2.21. The van der Waals surface area contributed by atoms with Gasteiger partial charge in [0.2, 0.25) is 10.0 Å². The number of carbonyl (C=O) groups is 1. The predicted molar refractivity (Wildman–Crippen MR) is 129 cm³/mol. The van der Waals surface area contributed by atoms with Gasteiger partial charge in [0.1, 0.15) is 0 Å². The number of benzene rings is 3. The summed E-state index contributed by atoms with van der Waals surface area (Å²) in [5.41, 5.74) is 4.16. The number of aryl methyl sites for hydroxylation is 1. The fraction of sp³-hybridized carbons (Fsp3) is 0.167.